The highest BCUT2D eigenvalue weighted by Crippen LogP contribution is 2.35. The molecule has 3 N–H and O–H groups in total. The lowest BCUT2D eigenvalue weighted by atomic mass is 9.97. The second kappa shape index (κ2) is 7.58. The third kappa shape index (κ3) is 4.21. The lowest BCUT2D eigenvalue weighted by Crippen LogP contribution is -2.31. The number of fused-ring (bicyclic) bond motifs is 1. The number of nitrogens with zero attached hydrogens (tertiary/aromatic N) is 1. The lowest BCUT2D eigenvalue weighted by molar-refractivity contribution is -0.136. The Labute approximate surface area is 168 Å². The van der Waals surface area contributed by atoms with Gasteiger partial charge in [-0.3, -0.25) is 14.1 Å². The third-order valence-electron chi connectivity index (χ3n) is 4.60. The van der Waals surface area contributed by atoms with Crippen LogP contribution in [-0.2, 0) is 27.6 Å². The molecule has 0 bridgehead atoms. The van der Waals surface area contributed by atoms with E-state index < -0.39 is 49.5 Å². The smallest absolute Gasteiger partial charge is 0.369 e. The molecule has 1 amide bonds. The van der Waals surface area contributed by atoms with Gasteiger partial charge in [-0.2, -0.15) is 21.6 Å². The number of primary amides is 1. The average molecular weight is 440 g/mol. The number of halogens is 3. The van der Waals surface area contributed by atoms with E-state index in [1.54, 1.807) is 30.3 Å². The van der Waals surface area contributed by atoms with Crippen LogP contribution in [0.15, 0.2) is 64.3 Å². The molecule has 0 spiro atoms. The van der Waals surface area contributed by atoms with Gasteiger partial charge in [0, 0.05) is 18.0 Å². The number of amides is 1. The number of benzene rings is 2. The molecule has 0 aliphatic carbocycles. The van der Waals surface area contributed by atoms with Crippen LogP contribution in [0.1, 0.15) is 17.0 Å². The average Bonchev–Trinajstić information content (AvgIpc) is 2.65. The van der Waals surface area contributed by atoms with E-state index in [0.29, 0.717) is 17.7 Å². The van der Waals surface area contributed by atoms with Crippen molar-refractivity contribution in [3.05, 3.63) is 76.1 Å². The first-order valence-corrected chi connectivity index (χ1v) is 9.90. The van der Waals surface area contributed by atoms with E-state index in [1.165, 1.54) is 0 Å². The summed E-state index contributed by atoms with van der Waals surface area (Å²) in [5.41, 5.74) is 3.24. The molecule has 0 aliphatic rings. The minimum Gasteiger partial charge on any atom is -0.369 e. The largest absolute Gasteiger partial charge is 0.417 e. The molecular weight excluding hydrogens is 425 g/mol. The number of carbonyl (C=O) groups is 1. The molecule has 1 aromatic heterocycles. The Hall–Kier alpha value is -3.18. The number of nitrogens with two attached hydrogens (primary N) is 1. The van der Waals surface area contributed by atoms with Gasteiger partial charge >= 0.3 is 6.18 Å². The van der Waals surface area contributed by atoms with Crippen molar-refractivity contribution < 1.29 is 30.9 Å². The molecular formula is C19H15F3N2O5S. The second-order valence-electron chi connectivity index (χ2n) is 6.52. The number of hydrogen-bond acceptors (Lipinski definition) is 4. The zero-order valence-electron chi connectivity index (χ0n) is 15.1. The maximum atomic E-state index is 13.5. The van der Waals surface area contributed by atoms with Gasteiger partial charge in [0.15, 0.2) is 0 Å². The van der Waals surface area contributed by atoms with Crippen LogP contribution < -0.4 is 11.3 Å². The predicted octanol–water partition coefficient (Wildman–Crippen LogP) is 2.54. The van der Waals surface area contributed by atoms with Crippen LogP contribution in [0, 0.1) is 0 Å². The summed E-state index contributed by atoms with van der Waals surface area (Å²) >= 11 is 0. The molecule has 3 aromatic rings. The molecule has 7 nitrogen and oxygen atoms in total. The normalized spacial score (nSPS) is 13.3. The molecule has 11 heteroatoms. The summed E-state index contributed by atoms with van der Waals surface area (Å²) in [7, 11) is -4.79. The van der Waals surface area contributed by atoms with Crippen molar-refractivity contribution in [2.75, 3.05) is 0 Å². The molecule has 0 aliphatic heterocycles. The molecule has 0 saturated carbocycles. The highest BCUT2D eigenvalue weighted by molar-refractivity contribution is 7.85. The van der Waals surface area contributed by atoms with Crippen molar-refractivity contribution in [1.82, 2.24) is 4.57 Å². The Morgan fingerprint density at radius 3 is 2.27 bits per heavy atom. The lowest BCUT2D eigenvalue weighted by Gasteiger charge is -2.19. The zero-order valence-corrected chi connectivity index (χ0v) is 15.9. The molecule has 3 rings (SSSR count). The molecule has 1 atom stereocenters. The third-order valence-corrected chi connectivity index (χ3v) is 5.45. The summed E-state index contributed by atoms with van der Waals surface area (Å²) in [6.07, 6.45) is -4.96. The van der Waals surface area contributed by atoms with Crippen molar-refractivity contribution >= 4 is 26.9 Å². The Morgan fingerprint density at radius 2 is 1.73 bits per heavy atom. The van der Waals surface area contributed by atoms with E-state index >= 15 is 0 Å². The maximum Gasteiger partial charge on any atom is 0.417 e. The highest BCUT2D eigenvalue weighted by atomic mass is 32.2. The molecule has 30 heavy (non-hydrogen) atoms. The van der Waals surface area contributed by atoms with Crippen LogP contribution in [0.25, 0.3) is 10.9 Å². The SMILES string of the molecule is NC(=O)C(Cn1c(=O)cc(C(F)(F)F)c2cc(S(=O)(=O)O)ccc21)c1ccccc1. The van der Waals surface area contributed by atoms with Crippen LogP contribution >= 0.6 is 0 Å². The van der Waals surface area contributed by atoms with Gasteiger partial charge in [0.05, 0.1) is 21.9 Å². The van der Waals surface area contributed by atoms with Gasteiger partial charge in [0.2, 0.25) is 5.91 Å². The Bertz CT molecular complexity index is 1290. The maximum absolute atomic E-state index is 13.5. The molecule has 158 valence electrons. The minimum absolute atomic E-state index is 0.260. The summed E-state index contributed by atoms with van der Waals surface area (Å²) in [4.78, 5) is 23.7. The minimum atomic E-state index is -4.96. The van der Waals surface area contributed by atoms with E-state index in [2.05, 4.69) is 0 Å². The second-order valence-corrected chi connectivity index (χ2v) is 7.95. The van der Waals surface area contributed by atoms with E-state index in [9.17, 15) is 35.7 Å². The number of rotatable bonds is 5. The fourth-order valence-electron chi connectivity index (χ4n) is 3.17. The van der Waals surface area contributed by atoms with Crippen molar-refractivity contribution in [3.63, 3.8) is 0 Å². The predicted molar refractivity (Wildman–Crippen MR) is 101 cm³/mol. The number of alkyl halides is 3. The van der Waals surface area contributed by atoms with Crippen molar-refractivity contribution in [2.45, 2.75) is 23.5 Å². The van der Waals surface area contributed by atoms with E-state index in [1.807, 2.05) is 0 Å². The van der Waals surface area contributed by atoms with Gasteiger partial charge in [-0.1, -0.05) is 30.3 Å². The molecule has 0 fully saturated rings. The van der Waals surface area contributed by atoms with Gasteiger partial charge in [-0.05, 0) is 23.8 Å². The van der Waals surface area contributed by atoms with Gasteiger partial charge in [0.25, 0.3) is 15.7 Å². The number of aromatic nitrogens is 1. The fraction of sp³-hybridized carbons (Fsp3) is 0.158. The van der Waals surface area contributed by atoms with Crippen molar-refractivity contribution in [1.29, 1.82) is 0 Å². The Morgan fingerprint density at radius 1 is 1.10 bits per heavy atom. The van der Waals surface area contributed by atoms with Gasteiger partial charge in [-0.15, -0.1) is 0 Å². The molecule has 0 radical (unpaired) electrons. The monoisotopic (exact) mass is 440 g/mol. The number of carbonyl (C=O) groups excluding carboxylic acids is 1. The quantitative estimate of drug-likeness (QED) is 0.591. The van der Waals surface area contributed by atoms with E-state index in [0.717, 1.165) is 16.7 Å². The van der Waals surface area contributed by atoms with Crippen molar-refractivity contribution in [2.24, 2.45) is 5.73 Å². The standard InChI is InChI=1S/C19H15F3N2O5S/c20-19(21,22)15-9-17(25)24(10-14(18(23)26)11-4-2-1-3-5-11)16-7-6-12(8-13(15)16)30(27,28)29/h1-9,14H,10H2,(H2,23,26)(H,27,28,29). The summed E-state index contributed by atoms with van der Waals surface area (Å²) in [6, 6.07) is 10.9. The number of hydrogen-bond donors (Lipinski definition) is 2. The van der Waals surface area contributed by atoms with E-state index in [-0.39, 0.29) is 12.1 Å². The highest BCUT2D eigenvalue weighted by Gasteiger charge is 2.35. The fourth-order valence-corrected chi connectivity index (χ4v) is 3.68. The summed E-state index contributed by atoms with van der Waals surface area (Å²) in [5, 5.41) is -0.617. The zero-order chi connectivity index (χ0) is 22.3. The van der Waals surface area contributed by atoms with Crippen molar-refractivity contribution in [3.8, 4) is 0 Å². The first kappa shape index (κ1) is 21.5. The molecule has 1 unspecified atom stereocenters. The summed E-state index contributed by atoms with van der Waals surface area (Å²) in [5.74, 6) is -1.82. The molecule has 0 saturated heterocycles. The van der Waals surface area contributed by atoms with Gasteiger partial charge in [-0.25, -0.2) is 0 Å². The topological polar surface area (TPSA) is 119 Å². The van der Waals surface area contributed by atoms with Gasteiger partial charge in [0.1, 0.15) is 0 Å². The first-order chi connectivity index (χ1) is 13.9. The van der Waals surface area contributed by atoms with Gasteiger partial charge < -0.3 is 10.3 Å². The van der Waals surface area contributed by atoms with Crippen LogP contribution in [0.4, 0.5) is 13.2 Å². The van der Waals surface area contributed by atoms with Crippen LogP contribution in [-0.4, -0.2) is 23.4 Å². The van der Waals surface area contributed by atoms with Crippen LogP contribution in [0.2, 0.25) is 0 Å². The van der Waals surface area contributed by atoms with Crippen LogP contribution in [0.5, 0.6) is 0 Å². The number of pyridine rings is 1. The Balaban J connectivity index is 2.29. The summed E-state index contributed by atoms with van der Waals surface area (Å²) in [6.45, 7) is -0.363. The van der Waals surface area contributed by atoms with E-state index in [4.69, 9.17) is 5.73 Å². The molecule has 1 heterocycles. The Kier molecular flexibility index (Phi) is 5.44. The molecule has 2 aromatic carbocycles. The van der Waals surface area contributed by atoms with Crippen LogP contribution in [0.3, 0.4) is 0 Å². The first-order valence-electron chi connectivity index (χ1n) is 8.46. The summed E-state index contributed by atoms with van der Waals surface area (Å²) < 4.78 is 73.3.